The third-order valence-electron chi connectivity index (χ3n) is 2.90. The average Bonchev–Trinajstić information content (AvgIpc) is 2.74. The van der Waals surface area contributed by atoms with Gasteiger partial charge in [0.2, 0.25) is 5.91 Å². The highest BCUT2D eigenvalue weighted by Gasteiger charge is 2.12. The van der Waals surface area contributed by atoms with E-state index in [4.69, 9.17) is 0 Å². The van der Waals surface area contributed by atoms with Gasteiger partial charge in [0.05, 0.1) is 22.8 Å². The van der Waals surface area contributed by atoms with Crippen LogP contribution in [0.3, 0.4) is 0 Å². The highest BCUT2D eigenvalue weighted by atomic mass is 19.1. The van der Waals surface area contributed by atoms with Gasteiger partial charge < -0.3 is 16.0 Å². The Balaban J connectivity index is 2.12. The fraction of sp³-hybridized carbons (Fsp3) is 0.214. The number of amides is 3. The zero-order chi connectivity index (χ0) is 16.3. The van der Waals surface area contributed by atoms with Crippen LogP contribution < -0.4 is 16.0 Å². The van der Waals surface area contributed by atoms with Gasteiger partial charge in [-0.15, -0.1) is 0 Å². The first kappa shape index (κ1) is 15.5. The number of halogens is 1. The SMILES string of the molecule is CC(=O)Nc1ccc(F)c(NC(=O)Nc2c(C)n[nH]c2C)c1. The van der Waals surface area contributed by atoms with E-state index in [0.717, 1.165) is 6.07 Å². The quantitative estimate of drug-likeness (QED) is 0.701. The summed E-state index contributed by atoms with van der Waals surface area (Å²) in [5.74, 6) is -0.892. The van der Waals surface area contributed by atoms with Gasteiger partial charge in [0.1, 0.15) is 5.82 Å². The van der Waals surface area contributed by atoms with Gasteiger partial charge in [-0.25, -0.2) is 9.18 Å². The smallest absolute Gasteiger partial charge is 0.323 e. The van der Waals surface area contributed by atoms with Crippen LogP contribution >= 0.6 is 0 Å². The molecule has 0 aliphatic carbocycles. The topological polar surface area (TPSA) is 98.9 Å². The minimum atomic E-state index is -0.607. The zero-order valence-electron chi connectivity index (χ0n) is 12.4. The summed E-state index contributed by atoms with van der Waals surface area (Å²) in [4.78, 5) is 23.0. The molecular formula is C14H16FN5O2. The molecule has 0 saturated carbocycles. The van der Waals surface area contributed by atoms with Crippen molar-refractivity contribution in [2.24, 2.45) is 0 Å². The molecule has 0 spiro atoms. The van der Waals surface area contributed by atoms with Crippen LogP contribution in [-0.2, 0) is 4.79 Å². The van der Waals surface area contributed by atoms with Gasteiger partial charge in [0.25, 0.3) is 0 Å². The van der Waals surface area contributed by atoms with Crippen molar-refractivity contribution in [1.82, 2.24) is 10.2 Å². The molecule has 0 fully saturated rings. The van der Waals surface area contributed by atoms with Crippen LogP contribution in [0.5, 0.6) is 0 Å². The van der Waals surface area contributed by atoms with Gasteiger partial charge in [-0.1, -0.05) is 0 Å². The van der Waals surface area contributed by atoms with Crippen molar-refractivity contribution in [3.8, 4) is 0 Å². The van der Waals surface area contributed by atoms with Gasteiger partial charge in [0.15, 0.2) is 0 Å². The number of nitrogens with zero attached hydrogens (tertiary/aromatic N) is 1. The fourth-order valence-electron chi connectivity index (χ4n) is 1.90. The number of rotatable bonds is 3. The number of hydrogen-bond acceptors (Lipinski definition) is 3. The summed E-state index contributed by atoms with van der Waals surface area (Å²) in [6.07, 6.45) is 0. The highest BCUT2D eigenvalue weighted by Crippen LogP contribution is 2.21. The van der Waals surface area contributed by atoms with E-state index in [-0.39, 0.29) is 11.6 Å². The van der Waals surface area contributed by atoms with E-state index >= 15 is 0 Å². The molecule has 0 saturated heterocycles. The molecule has 0 aliphatic rings. The van der Waals surface area contributed by atoms with Gasteiger partial charge in [-0.05, 0) is 32.0 Å². The molecule has 4 N–H and O–H groups in total. The Bertz CT molecular complexity index is 707. The van der Waals surface area contributed by atoms with Crippen molar-refractivity contribution in [1.29, 1.82) is 0 Å². The summed E-state index contributed by atoms with van der Waals surface area (Å²) in [6.45, 7) is 4.83. The minimum absolute atomic E-state index is 0.0393. The predicted octanol–water partition coefficient (Wildman–Crippen LogP) is 2.77. The molecule has 0 atom stereocenters. The maximum absolute atomic E-state index is 13.7. The van der Waals surface area contributed by atoms with Gasteiger partial charge in [-0.3, -0.25) is 9.89 Å². The molecule has 7 nitrogen and oxygen atoms in total. The van der Waals surface area contributed by atoms with E-state index in [1.165, 1.54) is 19.1 Å². The number of carbonyl (C=O) groups excluding carboxylic acids is 2. The summed E-state index contributed by atoms with van der Waals surface area (Å²) in [5.41, 5.74) is 2.21. The molecule has 0 radical (unpaired) electrons. The number of urea groups is 1. The summed E-state index contributed by atoms with van der Waals surface area (Å²) in [7, 11) is 0. The first-order valence-corrected chi connectivity index (χ1v) is 6.53. The lowest BCUT2D eigenvalue weighted by Crippen LogP contribution is -2.21. The van der Waals surface area contributed by atoms with E-state index in [9.17, 15) is 14.0 Å². The molecule has 0 bridgehead atoms. The molecule has 0 aliphatic heterocycles. The van der Waals surface area contributed by atoms with Crippen molar-refractivity contribution in [3.05, 3.63) is 35.4 Å². The maximum Gasteiger partial charge on any atom is 0.323 e. The summed E-state index contributed by atoms with van der Waals surface area (Å²) in [6, 6.07) is 3.30. The number of carbonyl (C=O) groups is 2. The van der Waals surface area contributed by atoms with Gasteiger partial charge in [-0.2, -0.15) is 5.10 Å². The lowest BCUT2D eigenvalue weighted by molar-refractivity contribution is -0.114. The highest BCUT2D eigenvalue weighted by molar-refractivity contribution is 6.01. The first-order chi connectivity index (χ1) is 10.4. The molecule has 116 valence electrons. The third kappa shape index (κ3) is 3.60. The van der Waals surface area contributed by atoms with E-state index in [1.807, 2.05) is 0 Å². The second-order valence-corrected chi connectivity index (χ2v) is 4.76. The minimum Gasteiger partial charge on any atom is -0.326 e. The number of benzene rings is 1. The van der Waals surface area contributed by atoms with E-state index in [0.29, 0.717) is 22.8 Å². The lowest BCUT2D eigenvalue weighted by Gasteiger charge is -2.10. The number of nitrogens with one attached hydrogen (secondary N) is 4. The molecule has 1 aromatic heterocycles. The van der Waals surface area contributed by atoms with E-state index < -0.39 is 11.8 Å². The van der Waals surface area contributed by atoms with Crippen molar-refractivity contribution in [2.45, 2.75) is 20.8 Å². The van der Waals surface area contributed by atoms with Crippen molar-refractivity contribution < 1.29 is 14.0 Å². The van der Waals surface area contributed by atoms with Crippen molar-refractivity contribution in [3.63, 3.8) is 0 Å². The van der Waals surface area contributed by atoms with Crippen LogP contribution in [0.2, 0.25) is 0 Å². The Kier molecular flexibility index (Phi) is 4.40. The number of anilines is 3. The first-order valence-electron chi connectivity index (χ1n) is 6.53. The Morgan fingerprint density at radius 2 is 1.91 bits per heavy atom. The number of hydrogen-bond donors (Lipinski definition) is 4. The predicted molar refractivity (Wildman–Crippen MR) is 81.4 cm³/mol. The van der Waals surface area contributed by atoms with Gasteiger partial charge in [0, 0.05) is 12.6 Å². The molecule has 2 rings (SSSR count). The largest absolute Gasteiger partial charge is 0.326 e. The number of aryl methyl sites for hydroxylation is 2. The number of aromatic nitrogens is 2. The molecule has 8 heteroatoms. The standard InChI is InChI=1S/C14H16FN5O2/c1-7-13(8(2)20-19-7)18-14(22)17-12-6-10(16-9(3)21)4-5-11(12)15/h4-6H,1-3H3,(H,16,21)(H,19,20)(H2,17,18,22). The van der Waals surface area contributed by atoms with Crippen LogP contribution in [0, 0.1) is 19.7 Å². The van der Waals surface area contributed by atoms with Crippen LogP contribution in [0.4, 0.5) is 26.2 Å². The monoisotopic (exact) mass is 305 g/mol. The molecule has 1 aromatic carbocycles. The lowest BCUT2D eigenvalue weighted by atomic mass is 10.2. The molecule has 2 aromatic rings. The van der Waals surface area contributed by atoms with E-state index in [1.54, 1.807) is 13.8 Å². The molecule has 0 unspecified atom stereocenters. The second-order valence-electron chi connectivity index (χ2n) is 4.76. The van der Waals surface area contributed by atoms with Crippen molar-refractivity contribution >= 4 is 29.0 Å². The van der Waals surface area contributed by atoms with Crippen LogP contribution in [0.25, 0.3) is 0 Å². The fourth-order valence-corrected chi connectivity index (χ4v) is 1.90. The van der Waals surface area contributed by atoms with Crippen LogP contribution in [0.1, 0.15) is 18.3 Å². The van der Waals surface area contributed by atoms with Crippen LogP contribution in [0.15, 0.2) is 18.2 Å². The summed E-state index contributed by atoms with van der Waals surface area (Å²) < 4.78 is 13.7. The van der Waals surface area contributed by atoms with Crippen LogP contribution in [-0.4, -0.2) is 22.1 Å². The molecule has 1 heterocycles. The van der Waals surface area contributed by atoms with E-state index in [2.05, 4.69) is 26.1 Å². The zero-order valence-corrected chi connectivity index (χ0v) is 12.4. The number of H-pyrrole nitrogens is 1. The summed E-state index contributed by atoms with van der Waals surface area (Å²) in [5, 5.41) is 14.2. The molecule has 3 amide bonds. The van der Waals surface area contributed by atoms with Gasteiger partial charge >= 0.3 is 6.03 Å². The second kappa shape index (κ2) is 6.25. The van der Waals surface area contributed by atoms with Crippen molar-refractivity contribution in [2.75, 3.05) is 16.0 Å². The summed E-state index contributed by atoms with van der Waals surface area (Å²) >= 11 is 0. The molecule has 22 heavy (non-hydrogen) atoms. The maximum atomic E-state index is 13.7. The Labute approximate surface area is 126 Å². The Morgan fingerprint density at radius 3 is 2.50 bits per heavy atom. The molecular weight excluding hydrogens is 289 g/mol. The Morgan fingerprint density at radius 1 is 1.18 bits per heavy atom. The normalized spacial score (nSPS) is 10.2. The average molecular weight is 305 g/mol. The third-order valence-corrected chi connectivity index (χ3v) is 2.90. The number of aromatic amines is 1. The Hall–Kier alpha value is -2.90.